The molecule has 82 valence electrons. The van der Waals surface area contributed by atoms with Crippen LogP contribution in [0, 0.1) is 6.92 Å². The fourth-order valence-electron chi connectivity index (χ4n) is 1.55. The first-order valence-corrected chi connectivity index (χ1v) is 5.89. The van der Waals surface area contributed by atoms with Gasteiger partial charge in [0.1, 0.15) is 10.8 Å². The van der Waals surface area contributed by atoms with Crippen molar-refractivity contribution >= 4 is 33.1 Å². The molecule has 0 bridgehead atoms. The van der Waals surface area contributed by atoms with Crippen LogP contribution >= 0.6 is 28.1 Å². The number of aryl methyl sites for hydroxylation is 1. The predicted molar refractivity (Wildman–Crippen MR) is 71.9 cm³/mol. The van der Waals surface area contributed by atoms with Gasteiger partial charge in [-0.05, 0) is 46.6 Å². The maximum absolute atomic E-state index is 5.65. The van der Waals surface area contributed by atoms with Crippen molar-refractivity contribution in [2.75, 3.05) is 0 Å². The van der Waals surface area contributed by atoms with Crippen LogP contribution in [0.5, 0.6) is 0 Å². The van der Waals surface area contributed by atoms with Crippen molar-refractivity contribution in [1.29, 1.82) is 0 Å². The van der Waals surface area contributed by atoms with Crippen LogP contribution in [0.1, 0.15) is 11.3 Å². The minimum atomic E-state index is 0.370. The first-order chi connectivity index (χ1) is 7.59. The molecule has 0 aliphatic rings. The topological polar surface area (TPSA) is 43.8 Å². The summed E-state index contributed by atoms with van der Waals surface area (Å²) >= 11 is 8.38. The van der Waals surface area contributed by atoms with Crippen molar-refractivity contribution in [3.8, 4) is 5.82 Å². The van der Waals surface area contributed by atoms with Gasteiger partial charge in [-0.1, -0.05) is 12.2 Å². The molecule has 0 radical (unpaired) electrons. The molecule has 2 heterocycles. The summed E-state index contributed by atoms with van der Waals surface area (Å²) in [6.07, 6.45) is 3.66. The molecule has 0 amide bonds. The predicted octanol–water partition coefficient (Wildman–Crippen LogP) is 2.58. The molecular formula is C11H10BrN3S. The summed E-state index contributed by atoms with van der Waals surface area (Å²) in [5, 5.41) is 0. The lowest BCUT2D eigenvalue weighted by molar-refractivity contribution is 0.975. The molecule has 16 heavy (non-hydrogen) atoms. The van der Waals surface area contributed by atoms with Gasteiger partial charge in [0.15, 0.2) is 0 Å². The number of pyridine rings is 1. The first kappa shape index (κ1) is 11.3. The smallest absolute Gasteiger partial charge is 0.140 e. The number of halogens is 1. The Labute approximate surface area is 107 Å². The highest BCUT2D eigenvalue weighted by atomic mass is 79.9. The zero-order chi connectivity index (χ0) is 11.7. The van der Waals surface area contributed by atoms with Gasteiger partial charge in [0, 0.05) is 16.9 Å². The third-order valence-corrected chi connectivity index (χ3v) is 2.89. The van der Waals surface area contributed by atoms with Crippen molar-refractivity contribution in [2.24, 2.45) is 5.73 Å². The highest BCUT2D eigenvalue weighted by molar-refractivity contribution is 9.10. The SMILES string of the molecule is Cc1cc(Br)cnc1-n1cccc1C(N)=S. The standard InChI is InChI=1S/C11H10BrN3S/c1-7-5-8(12)6-14-11(7)15-4-2-3-9(15)10(13)16/h2-6H,1H3,(H2,13,16). The molecule has 0 saturated carbocycles. The normalized spacial score (nSPS) is 10.4. The molecule has 0 aliphatic carbocycles. The Morgan fingerprint density at radius 2 is 2.31 bits per heavy atom. The van der Waals surface area contributed by atoms with Crippen LogP contribution in [0.15, 0.2) is 35.1 Å². The Hall–Kier alpha value is -1.20. The van der Waals surface area contributed by atoms with E-state index < -0.39 is 0 Å². The third kappa shape index (κ3) is 2.01. The number of nitrogens with two attached hydrogens (primary N) is 1. The van der Waals surface area contributed by atoms with Gasteiger partial charge in [0.2, 0.25) is 0 Å². The van der Waals surface area contributed by atoms with Gasteiger partial charge >= 0.3 is 0 Å². The highest BCUT2D eigenvalue weighted by Gasteiger charge is 2.09. The molecule has 0 saturated heterocycles. The second-order valence-electron chi connectivity index (χ2n) is 3.42. The van der Waals surface area contributed by atoms with Gasteiger partial charge in [-0.2, -0.15) is 0 Å². The molecular weight excluding hydrogens is 286 g/mol. The molecule has 0 spiro atoms. The van der Waals surface area contributed by atoms with Gasteiger partial charge in [0.25, 0.3) is 0 Å². The highest BCUT2D eigenvalue weighted by Crippen LogP contribution is 2.18. The van der Waals surface area contributed by atoms with Crippen LogP contribution in [-0.4, -0.2) is 14.5 Å². The number of rotatable bonds is 2. The molecule has 0 aromatic carbocycles. The van der Waals surface area contributed by atoms with Crippen LogP contribution in [-0.2, 0) is 0 Å². The zero-order valence-electron chi connectivity index (χ0n) is 8.64. The monoisotopic (exact) mass is 295 g/mol. The summed E-state index contributed by atoms with van der Waals surface area (Å²) < 4.78 is 2.85. The first-order valence-electron chi connectivity index (χ1n) is 4.69. The van der Waals surface area contributed by atoms with Crippen molar-refractivity contribution < 1.29 is 0 Å². The van der Waals surface area contributed by atoms with E-state index in [1.807, 2.05) is 35.9 Å². The minimum absolute atomic E-state index is 0.370. The Kier molecular flexibility index (Phi) is 3.07. The largest absolute Gasteiger partial charge is 0.388 e. The van der Waals surface area contributed by atoms with Gasteiger partial charge in [-0.25, -0.2) is 4.98 Å². The fourth-order valence-corrected chi connectivity index (χ4v) is 2.16. The van der Waals surface area contributed by atoms with Gasteiger partial charge in [0.05, 0.1) is 5.69 Å². The summed E-state index contributed by atoms with van der Waals surface area (Å²) in [6.45, 7) is 2.00. The molecule has 2 aromatic rings. The number of thiocarbonyl (C=S) groups is 1. The Morgan fingerprint density at radius 3 is 2.94 bits per heavy atom. The second kappa shape index (κ2) is 4.35. The molecule has 0 fully saturated rings. The summed E-state index contributed by atoms with van der Waals surface area (Å²) in [6, 6.07) is 5.79. The molecule has 2 N–H and O–H groups in total. The Balaban J connectivity index is 2.59. The van der Waals surface area contributed by atoms with Crippen LogP contribution in [0.4, 0.5) is 0 Å². The van der Waals surface area contributed by atoms with Crippen LogP contribution in [0.3, 0.4) is 0 Å². The zero-order valence-corrected chi connectivity index (χ0v) is 11.0. The number of aromatic nitrogens is 2. The maximum Gasteiger partial charge on any atom is 0.140 e. The number of nitrogens with zero attached hydrogens (tertiary/aromatic N) is 2. The fraction of sp³-hybridized carbons (Fsp3) is 0.0909. The van der Waals surface area contributed by atoms with Crippen molar-refractivity contribution in [2.45, 2.75) is 6.92 Å². The van der Waals surface area contributed by atoms with Crippen LogP contribution in [0.2, 0.25) is 0 Å². The molecule has 5 heteroatoms. The van der Waals surface area contributed by atoms with E-state index in [1.165, 1.54) is 0 Å². The third-order valence-electron chi connectivity index (χ3n) is 2.25. The summed E-state index contributed by atoms with van der Waals surface area (Å²) in [7, 11) is 0. The summed E-state index contributed by atoms with van der Waals surface area (Å²) in [5.74, 6) is 0.844. The molecule has 0 unspecified atom stereocenters. The van der Waals surface area contributed by atoms with E-state index in [1.54, 1.807) is 6.20 Å². The Bertz CT molecular complexity index is 548. The average Bonchev–Trinajstić information content (AvgIpc) is 2.66. The van der Waals surface area contributed by atoms with E-state index in [9.17, 15) is 0 Å². The van der Waals surface area contributed by atoms with E-state index in [-0.39, 0.29) is 0 Å². The minimum Gasteiger partial charge on any atom is -0.388 e. The number of hydrogen-bond acceptors (Lipinski definition) is 2. The Morgan fingerprint density at radius 1 is 1.56 bits per heavy atom. The van der Waals surface area contributed by atoms with Gasteiger partial charge < -0.3 is 5.73 Å². The lowest BCUT2D eigenvalue weighted by Gasteiger charge is -2.10. The van der Waals surface area contributed by atoms with Crippen molar-refractivity contribution in [1.82, 2.24) is 9.55 Å². The molecule has 0 aliphatic heterocycles. The van der Waals surface area contributed by atoms with E-state index in [0.29, 0.717) is 4.99 Å². The van der Waals surface area contributed by atoms with E-state index in [2.05, 4.69) is 20.9 Å². The summed E-state index contributed by atoms with van der Waals surface area (Å²) in [5.41, 5.74) is 7.51. The average molecular weight is 296 g/mol. The quantitative estimate of drug-likeness (QED) is 0.866. The molecule has 0 atom stereocenters. The molecule has 2 rings (SSSR count). The van der Waals surface area contributed by atoms with Crippen LogP contribution in [0.25, 0.3) is 5.82 Å². The van der Waals surface area contributed by atoms with E-state index >= 15 is 0 Å². The molecule has 2 aromatic heterocycles. The van der Waals surface area contributed by atoms with E-state index in [0.717, 1.165) is 21.5 Å². The van der Waals surface area contributed by atoms with Gasteiger partial charge in [-0.3, -0.25) is 4.57 Å². The van der Waals surface area contributed by atoms with Crippen molar-refractivity contribution in [3.05, 3.63) is 46.3 Å². The van der Waals surface area contributed by atoms with E-state index in [4.69, 9.17) is 18.0 Å². The van der Waals surface area contributed by atoms with Crippen molar-refractivity contribution in [3.63, 3.8) is 0 Å². The summed E-state index contributed by atoms with van der Waals surface area (Å²) in [4.78, 5) is 4.73. The lowest BCUT2D eigenvalue weighted by Crippen LogP contribution is -2.15. The number of hydrogen-bond donors (Lipinski definition) is 1. The second-order valence-corrected chi connectivity index (χ2v) is 4.78. The van der Waals surface area contributed by atoms with Crippen LogP contribution < -0.4 is 5.73 Å². The molecule has 3 nitrogen and oxygen atoms in total. The lowest BCUT2D eigenvalue weighted by atomic mass is 10.3. The van der Waals surface area contributed by atoms with Gasteiger partial charge in [-0.15, -0.1) is 0 Å². The maximum atomic E-state index is 5.65.